The van der Waals surface area contributed by atoms with Gasteiger partial charge in [0.15, 0.2) is 0 Å². The molecule has 186 valence electrons. The van der Waals surface area contributed by atoms with Crippen molar-refractivity contribution >= 4 is 17.9 Å². The van der Waals surface area contributed by atoms with Gasteiger partial charge in [-0.15, -0.1) is 0 Å². The second-order valence-corrected chi connectivity index (χ2v) is 8.68. The number of nitrogens with zero attached hydrogens (tertiary/aromatic N) is 3. The normalized spacial score (nSPS) is 15.4. The van der Waals surface area contributed by atoms with E-state index >= 15 is 0 Å². The van der Waals surface area contributed by atoms with Crippen LogP contribution in [0, 0.1) is 0 Å². The molecule has 8 nitrogen and oxygen atoms in total. The van der Waals surface area contributed by atoms with E-state index in [4.69, 9.17) is 9.84 Å². The molecule has 0 spiro atoms. The Morgan fingerprint density at radius 1 is 1.03 bits per heavy atom. The molecule has 0 saturated carbocycles. The molecule has 1 atom stereocenters. The van der Waals surface area contributed by atoms with Crippen LogP contribution in [0.25, 0.3) is 23.0 Å². The summed E-state index contributed by atoms with van der Waals surface area (Å²) in [6, 6.07) is 22.2. The van der Waals surface area contributed by atoms with Gasteiger partial charge in [-0.2, -0.15) is 5.10 Å². The Kier molecular flexibility index (Phi) is 7.47. The van der Waals surface area contributed by atoms with Crippen molar-refractivity contribution in [3.8, 4) is 16.9 Å². The third-order valence-corrected chi connectivity index (χ3v) is 6.04. The lowest BCUT2D eigenvalue weighted by Crippen LogP contribution is -2.38. The average Bonchev–Trinajstić information content (AvgIpc) is 3.63. The topological polar surface area (TPSA) is 98.1 Å². The molecule has 2 N–H and O–H groups in total. The van der Waals surface area contributed by atoms with Crippen LogP contribution < -0.4 is 10.6 Å². The van der Waals surface area contributed by atoms with E-state index < -0.39 is 5.91 Å². The second kappa shape index (κ2) is 11.5. The van der Waals surface area contributed by atoms with Gasteiger partial charge in [-0.3, -0.25) is 14.6 Å². The molecule has 4 aromatic rings. The Balaban J connectivity index is 1.52. The molecule has 1 fully saturated rings. The van der Waals surface area contributed by atoms with Gasteiger partial charge in [0.2, 0.25) is 0 Å². The van der Waals surface area contributed by atoms with Gasteiger partial charge in [-0.25, -0.2) is 4.68 Å². The van der Waals surface area contributed by atoms with E-state index in [2.05, 4.69) is 15.6 Å². The molecular weight excluding hydrogens is 466 g/mol. The quantitative estimate of drug-likeness (QED) is 0.362. The molecule has 0 radical (unpaired) electrons. The summed E-state index contributed by atoms with van der Waals surface area (Å²) in [6.45, 7) is 1.07. The van der Waals surface area contributed by atoms with Gasteiger partial charge in [0.1, 0.15) is 11.4 Å². The van der Waals surface area contributed by atoms with Crippen molar-refractivity contribution in [2.24, 2.45) is 0 Å². The first-order valence-corrected chi connectivity index (χ1v) is 12.2. The molecule has 2 aromatic heterocycles. The fraction of sp³-hybridized carbons (Fsp3) is 0.172. The number of para-hydroxylation sites is 1. The zero-order valence-corrected chi connectivity index (χ0v) is 20.2. The van der Waals surface area contributed by atoms with Crippen molar-refractivity contribution in [1.82, 2.24) is 25.4 Å². The number of carbonyl (C=O) groups is 2. The molecule has 8 heteroatoms. The lowest BCUT2D eigenvalue weighted by atomic mass is 10.1. The van der Waals surface area contributed by atoms with Gasteiger partial charge in [0.25, 0.3) is 11.8 Å². The third-order valence-electron chi connectivity index (χ3n) is 6.04. The fourth-order valence-corrected chi connectivity index (χ4v) is 4.14. The highest BCUT2D eigenvalue weighted by Crippen LogP contribution is 2.25. The number of carbonyl (C=O) groups excluding carboxylic acids is 2. The predicted molar refractivity (Wildman–Crippen MR) is 141 cm³/mol. The summed E-state index contributed by atoms with van der Waals surface area (Å²) in [4.78, 5) is 30.5. The molecule has 1 aliphatic rings. The van der Waals surface area contributed by atoms with Crippen LogP contribution in [0.15, 0.2) is 97.1 Å². The van der Waals surface area contributed by atoms with Crippen molar-refractivity contribution in [3.05, 3.63) is 108 Å². The Bertz CT molecular complexity index is 1380. The van der Waals surface area contributed by atoms with Gasteiger partial charge < -0.3 is 15.4 Å². The highest BCUT2D eigenvalue weighted by Gasteiger charge is 2.21. The molecule has 1 saturated heterocycles. The first-order chi connectivity index (χ1) is 18.2. The number of amides is 2. The van der Waals surface area contributed by atoms with Crippen molar-refractivity contribution in [1.29, 1.82) is 0 Å². The van der Waals surface area contributed by atoms with E-state index in [-0.39, 0.29) is 17.7 Å². The molecule has 2 aromatic carbocycles. The summed E-state index contributed by atoms with van der Waals surface area (Å²) in [6.07, 6.45) is 8.74. The Labute approximate surface area is 215 Å². The summed E-state index contributed by atoms with van der Waals surface area (Å²) < 4.78 is 7.38. The molecule has 2 amide bonds. The van der Waals surface area contributed by atoms with Gasteiger partial charge in [0.05, 0.1) is 11.8 Å². The number of pyridine rings is 1. The van der Waals surface area contributed by atoms with Crippen LogP contribution in [-0.2, 0) is 9.53 Å². The number of nitrogens with one attached hydrogen (secondary N) is 2. The number of aromatic nitrogens is 3. The van der Waals surface area contributed by atoms with Crippen LogP contribution >= 0.6 is 0 Å². The zero-order chi connectivity index (χ0) is 25.5. The lowest BCUT2D eigenvalue weighted by Gasteiger charge is -2.14. The van der Waals surface area contributed by atoms with Crippen molar-refractivity contribution in [3.63, 3.8) is 0 Å². The summed E-state index contributed by atoms with van der Waals surface area (Å²) in [7, 11) is 0. The second-order valence-electron chi connectivity index (χ2n) is 8.68. The molecule has 5 rings (SSSR count). The largest absolute Gasteiger partial charge is 0.376 e. The molecule has 3 heterocycles. The van der Waals surface area contributed by atoms with Crippen LogP contribution in [0.5, 0.6) is 0 Å². The van der Waals surface area contributed by atoms with Crippen LogP contribution in [0.1, 0.15) is 28.8 Å². The zero-order valence-electron chi connectivity index (χ0n) is 20.2. The molecule has 0 aliphatic carbocycles. The van der Waals surface area contributed by atoms with Crippen LogP contribution in [0.4, 0.5) is 0 Å². The lowest BCUT2D eigenvalue weighted by molar-refractivity contribution is -0.118. The monoisotopic (exact) mass is 493 g/mol. The molecular formula is C29H27N5O3. The minimum Gasteiger partial charge on any atom is -0.376 e. The summed E-state index contributed by atoms with van der Waals surface area (Å²) in [5.41, 5.74) is 3.52. The van der Waals surface area contributed by atoms with Crippen LogP contribution in [0.3, 0.4) is 0 Å². The summed E-state index contributed by atoms with van der Waals surface area (Å²) >= 11 is 0. The summed E-state index contributed by atoms with van der Waals surface area (Å²) in [5.74, 6) is -0.776. The van der Waals surface area contributed by atoms with Crippen molar-refractivity contribution < 1.29 is 14.3 Å². The minimum atomic E-state index is -0.399. The van der Waals surface area contributed by atoms with Crippen molar-refractivity contribution in [2.75, 3.05) is 13.2 Å². The van der Waals surface area contributed by atoms with Crippen molar-refractivity contribution in [2.45, 2.75) is 18.9 Å². The average molecular weight is 494 g/mol. The van der Waals surface area contributed by atoms with E-state index in [1.165, 1.54) is 0 Å². The maximum atomic E-state index is 13.3. The Morgan fingerprint density at radius 3 is 2.51 bits per heavy atom. The standard InChI is InChI=1S/C29H27N5O3/c35-28(21-9-3-1-4-10-21)32-26(29(36)31-19-25-14-8-16-37-25)17-23-20-34(24-12-5-2-6-13-24)33-27(23)22-11-7-15-30-18-22/h1-7,9-13,15,17-18,20,25H,8,14,16,19H2,(H,31,36)(H,32,35)/b26-17+. The molecule has 0 bridgehead atoms. The van der Waals surface area contributed by atoms with E-state index in [0.29, 0.717) is 30.0 Å². The number of hydrogen-bond acceptors (Lipinski definition) is 5. The fourth-order valence-electron chi connectivity index (χ4n) is 4.14. The predicted octanol–water partition coefficient (Wildman–Crippen LogP) is 4.00. The molecule has 37 heavy (non-hydrogen) atoms. The van der Waals surface area contributed by atoms with Crippen LogP contribution in [-0.4, -0.2) is 45.8 Å². The Morgan fingerprint density at radius 2 is 1.81 bits per heavy atom. The molecule has 1 aliphatic heterocycles. The van der Waals surface area contributed by atoms with Gasteiger partial charge in [0, 0.05) is 48.4 Å². The third kappa shape index (κ3) is 5.99. The van der Waals surface area contributed by atoms with E-state index in [1.807, 2.05) is 54.7 Å². The Hall–Kier alpha value is -4.56. The number of rotatable bonds is 8. The maximum Gasteiger partial charge on any atom is 0.267 e. The number of benzene rings is 2. The van der Waals surface area contributed by atoms with Gasteiger partial charge in [-0.05, 0) is 55.3 Å². The first kappa shape index (κ1) is 24.1. The highest BCUT2D eigenvalue weighted by molar-refractivity contribution is 6.05. The highest BCUT2D eigenvalue weighted by atomic mass is 16.5. The number of hydrogen-bond donors (Lipinski definition) is 2. The van der Waals surface area contributed by atoms with E-state index in [0.717, 1.165) is 24.1 Å². The smallest absolute Gasteiger partial charge is 0.267 e. The molecule has 1 unspecified atom stereocenters. The van der Waals surface area contributed by atoms with Gasteiger partial charge in [-0.1, -0.05) is 36.4 Å². The van der Waals surface area contributed by atoms with Gasteiger partial charge >= 0.3 is 0 Å². The summed E-state index contributed by atoms with van der Waals surface area (Å²) in [5, 5.41) is 10.5. The first-order valence-electron chi connectivity index (χ1n) is 12.2. The minimum absolute atomic E-state index is 0.0261. The van der Waals surface area contributed by atoms with Crippen LogP contribution in [0.2, 0.25) is 0 Å². The maximum absolute atomic E-state index is 13.3. The van der Waals surface area contributed by atoms with E-state index in [1.54, 1.807) is 47.4 Å². The van der Waals surface area contributed by atoms with E-state index in [9.17, 15) is 9.59 Å². The SMILES string of the molecule is O=C(NCC1CCCO1)/C(=C\c1cn(-c2ccccc2)nc1-c1cccnc1)NC(=O)c1ccccc1. The number of ether oxygens (including phenoxy) is 1.